The molecule has 1 saturated heterocycles. The molecule has 37 heavy (non-hydrogen) atoms. The fourth-order valence-corrected chi connectivity index (χ4v) is 5.20. The molecule has 4 aromatic rings. The summed E-state index contributed by atoms with van der Waals surface area (Å²) in [6.45, 7) is 7.90. The minimum atomic E-state index is 0.0130. The minimum absolute atomic E-state index is 0.0130. The van der Waals surface area contributed by atoms with Crippen LogP contribution in [0.25, 0.3) is 0 Å². The summed E-state index contributed by atoms with van der Waals surface area (Å²) in [5.74, 6) is 2.58. The predicted octanol–water partition coefficient (Wildman–Crippen LogP) is 3.86. The van der Waals surface area contributed by atoms with E-state index in [4.69, 9.17) is 9.47 Å². The van der Waals surface area contributed by atoms with Crippen LogP contribution in [0.1, 0.15) is 34.1 Å². The van der Waals surface area contributed by atoms with Gasteiger partial charge >= 0.3 is 0 Å². The zero-order chi connectivity index (χ0) is 25.0. The van der Waals surface area contributed by atoms with E-state index in [1.54, 1.807) is 0 Å². The van der Waals surface area contributed by atoms with Gasteiger partial charge in [0, 0.05) is 39.3 Å². The molecule has 0 unspecified atom stereocenters. The maximum absolute atomic E-state index is 5.56. The van der Waals surface area contributed by atoms with Crippen LogP contribution in [0.2, 0.25) is 0 Å². The number of benzene rings is 3. The zero-order valence-corrected chi connectivity index (χ0v) is 21.2. The number of rotatable bonds is 8. The molecule has 0 saturated carbocycles. The molecule has 2 aliphatic rings. The molecule has 1 fully saturated rings. The van der Waals surface area contributed by atoms with E-state index in [1.807, 2.05) is 16.8 Å². The van der Waals surface area contributed by atoms with Gasteiger partial charge in [-0.3, -0.25) is 9.80 Å². The summed E-state index contributed by atoms with van der Waals surface area (Å²) in [7, 11) is 0. The molecule has 0 bridgehead atoms. The van der Waals surface area contributed by atoms with Crippen LogP contribution in [-0.4, -0.2) is 63.0 Å². The standard InChI is InChI=1S/C29H32N6O2/c1-22-7-10-25(11-8-22)28(29-30-31-32-35(29)14-13-23-5-3-2-4-6-23)34-17-15-33(16-18-34)20-24-9-12-26-27(19-24)37-21-36-26/h2-12,19,28H,13-18,20-21H2,1H3/t28-/m1/s1. The quantitative estimate of drug-likeness (QED) is 0.367. The summed E-state index contributed by atoms with van der Waals surface area (Å²) in [5, 5.41) is 13.0. The topological polar surface area (TPSA) is 68.5 Å². The van der Waals surface area contributed by atoms with Gasteiger partial charge in [-0.1, -0.05) is 66.2 Å². The predicted molar refractivity (Wildman–Crippen MR) is 140 cm³/mol. The van der Waals surface area contributed by atoms with E-state index in [1.165, 1.54) is 22.3 Å². The number of ether oxygens (including phenoxy) is 2. The zero-order valence-electron chi connectivity index (χ0n) is 21.2. The van der Waals surface area contributed by atoms with E-state index in [2.05, 4.69) is 92.9 Å². The third-order valence-corrected chi connectivity index (χ3v) is 7.27. The van der Waals surface area contributed by atoms with Gasteiger partial charge in [0.25, 0.3) is 0 Å². The van der Waals surface area contributed by atoms with Crippen LogP contribution in [0.15, 0.2) is 72.8 Å². The molecule has 6 rings (SSSR count). The van der Waals surface area contributed by atoms with Crippen LogP contribution in [0.5, 0.6) is 11.5 Å². The Kier molecular flexibility index (Phi) is 6.84. The Hall–Kier alpha value is -3.75. The van der Waals surface area contributed by atoms with E-state index in [0.29, 0.717) is 6.79 Å². The highest BCUT2D eigenvalue weighted by atomic mass is 16.7. The summed E-state index contributed by atoms with van der Waals surface area (Å²) in [6.07, 6.45) is 0.892. The molecule has 8 nitrogen and oxygen atoms in total. The number of aromatic nitrogens is 4. The van der Waals surface area contributed by atoms with Gasteiger partial charge in [0.15, 0.2) is 17.3 Å². The Morgan fingerprint density at radius 1 is 0.838 bits per heavy atom. The second-order valence-electron chi connectivity index (χ2n) is 9.81. The van der Waals surface area contributed by atoms with Crippen molar-refractivity contribution in [1.29, 1.82) is 0 Å². The van der Waals surface area contributed by atoms with Gasteiger partial charge < -0.3 is 9.47 Å². The Labute approximate surface area is 217 Å². The average Bonchev–Trinajstić information content (AvgIpc) is 3.60. The van der Waals surface area contributed by atoms with Gasteiger partial charge in [-0.05, 0) is 52.6 Å². The van der Waals surface area contributed by atoms with Crippen LogP contribution < -0.4 is 9.47 Å². The van der Waals surface area contributed by atoms with Crippen LogP contribution in [0.4, 0.5) is 0 Å². The van der Waals surface area contributed by atoms with Crippen molar-refractivity contribution in [3.05, 3.63) is 101 Å². The van der Waals surface area contributed by atoms with Crippen molar-refractivity contribution >= 4 is 0 Å². The van der Waals surface area contributed by atoms with E-state index in [-0.39, 0.29) is 6.04 Å². The van der Waals surface area contributed by atoms with E-state index < -0.39 is 0 Å². The smallest absolute Gasteiger partial charge is 0.231 e. The fourth-order valence-electron chi connectivity index (χ4n) is 5.20. The van der Waals surface area contributed by atoms with Gasteiger partial charge in [0.1, 0.15) is 0 Å². The minimum Gasteiger partial charge on any atom is -0.454 e. The Morgan fingerprint density at radius 2 is 1.62 bits per heavy atom. The molecule has 0 aliphatic carbocycles. The highest BCUT2D eigenvalue weighted by Crippen LogP contribution is 2.33. The van der Waals surface area contributed by atoms with E-state index in [0.717, 1.165) is 63.0 Å². The largest absolute Gasteiger partial charge is 0.454 e. The molecule has 0 N–H and O–H groups in total. The fraction of sp³-hybridized carbons (Fsp3) is 0.345. The monoisotopic (exact) mass is 496 g/mol. The lowest BCUT2D eigenvalue weighted by molar-refractivity contribution is 0.1000. The van der Waals surface area contributed by atoms with Crippen molar-refractivity contribution in [3.8, 4) is 11.5 Å². The average molecular weight is 497 g/mol. The Bertz CT molecular complexity index is 1320. The highest BCUT2D eigenvalue weighted by molar-refractivity contribution is 5.44. The molecule has 1 aromatic heterocycles. The Morgan fingerprint density at radius 3 is 2.43 bits per heavy atom. The van der Waals surface area contributed by atoms with Crippen LogP contribution in [0, 0.1) is 6.92 Å². The number of fused-ring (bicyclic) bond motifs is 1. The van der Waals surface area contributed by atoms with E-state index >= 15 is 0 Å². The van der Waals surface area contributed by atoms with Gasteiger partial charge in [0.05, 0.1) is 6.04 Å². The number of piperazine rings is 1. The van der Waals surface area contributed by atoms with Crippen molar-refractivity contribution in [2.75, 3.05) is 33.0 Å². The lowest BCUT2D eigenvalue weighted by Crippen LogP contribution is -2.48. The number of hydrogen-bond donors (Lipinski definition) is 0. The van der Waals surface area contributed by atoms with Gasteiger partial charge in [0.2, 0.25) is 6.79 Å². The molecular weight excluding hydrogens is 464 g/mol. The van der Waals surface area contributed by atoms with Crippen LogP contribution >= 0.6 is 0 Å². The first-order valence-corrected chi connectivity index (χ1v) is 12.9. The summed E-state index contributed by atoms with van der Waals surface area (Å²) in [6, 6.07) is 25.6. The lowest BCUT2D eigenvalue weighted by atomic mass is 10.0. The molecule has 0 radical (unpaired) electrons. The molecule has 0 spiro atoms. The molecule has 1 atom stereocenters. The second-order valence-corrected chi connectivity index (χ2v) is 9.81. The van der Waals surface area contributed by atoms with Gasteiger partial charge in [-0.2, -0.15) is 0 Å². The van der Waals surface area contributed by atoms with Crippen molar-refractivity contribution in [3.63, 3.8) is 0 Å². The number of nitrogens with zero attached hydrogens (tertiary/aromatic N) is 6. The Balaban J connectivity index is 1.18. The maximum Gasteiger partial charge on any atom is 0.231 e. The summed E-state index contributed by atoms with van der Waals surface area (Å²) < 4.78 is 13.0. The van der Waals surface area contributed by atoms with Gasteiger partial charge in [-0.25, -0.2) is 4.68 Å². The second kappa shape index (κ2) is 10.7. The number of aryl methyl sites for hydroxylation is 3. The molecule has 2 aliphatic heterocycles. The molecule has 0 amide bonds. The van der Waals surface area contributed by atoms with Crippen molar-refractivity contribution in [2.45, 2.75) is 32.5 Å². The first-order valence-electron chi connectivity index (χ1n) is 12.9. The maximum atomic E-state index is 5.56. The van der Waals surface area contributed by atoms with E-state index in [9.17, 15) is 0 Å². The summed E-state index contributed by atoms with van der Waals surface area (Å²) in [5.41, 5.74) is 5.01. The van der Waals surface area contributed by atoms with Gasteiger partial charge in [-0.15, -0.1) is 5.10 Å². The first-order chi connectivity index (χ1) is 18.2. The summed E-state index contributed by atoms with van der Waals surface area (Å²) >= 11 is 0. The molecular formula is C29H32N6O2. The molecule has 3 aromatic carbocycles. The lowest BCUT2D eigenvalue weighted by Gasteiger charge is -2.39. The normalized spacial score (nSPS) is 16.7. The van der Waals surface area contributed by atoms with Crippen molar-refractivity contribution in [1.82, 2.24) is 30.0 Å². The SMILES string of the molecule is Cc1ccc([C@H](c2nnnn2CCc2ccccc2)N2CCN(Cc3ccc4c(c3)OCO4)CC2)cc1. The molecule has 190 valence electrons. The van der Waals surface area contributed by atoms with Crippen molar-refractivity contribution in [2.24, 2.45) is 0 Å². The highest BCUT2D eigenvalue weighted by Gasteiger charge is 2.30. The number of hydrogen-bond acceptors (Lipinski definition) is 7. The third kappa shape index (κ3) is 5.35. The van der Waals surface area contributed by atoms with Crippen LogP contribution in [0.3, 0.4) is 0 Å². The molecule has 3 heterocycles. The first kappa shape index (κ1) is 23.6. The van der Waals surface area contributed by atoms with Crippen LogP contribution in [-0.2, 0) is 19.5 Å². The number of tetrazole rings is 1. The summed E-state index contributed by atoms with van der Waals surface area (Å²) in [4.78, 5) is 5.02. The third-order valence-electron chi connectivity index (χ3n) is 7.27. The molecule has 8 heteroatoms. The van der Waals surface area contributed by atoms with Crippen molar-refractivity contribution < 1.29 is 9.47 Å².